The van der Waals surface area contributed by atoms with Crippen LogP contribution < -0.4 is 10.6 Å². The third-order valence-electron chi connectivity index (χ3n) is 5.69. The molecule has 1 heterocycles. The third-order valence-corrected chi connectivity index (χ3v) is 5.69. The Hall–Kier alpha value is -2.77. The van der Waals surface area contributed by atoms with Crippen LogP contribution in [0.3, 0.4) is 0 Å². The molecule has 1 aliphatic rings. The number of nitrogens with one attached hydrogen (secondary N) is 2. The Balaban J connectivity index is 1.40. The van der Waals surface area contributed by atoms with Crippen molar-refractivity contribution in [1.29, 1.82) is 0 Å². The van der Waals surface area contributed by atoms with E-state index < -0.39 is 0 Å². The average molecular weight is 427 g/mol. The number of nitrogens with zero attached hydrogens (tertiary/aromatic N) is 2. The molecule has 1 aliphatic heterocycles. The highest BCUT2D eigenvalue weighted by Gasteiger charge is 2.21. The molecule has 2 N–H and O–H groups in total. The monoisotopic (exact) mass is 426 g/mol. The highest BCUT2D eigenvalue weighted by molar-refractivity contribution is 5.93. The Morgan fingerprint density at radius 1 is 0.903 bits per heavy atom. The molecule has 3 rings (SSSR count). The van der Waals surface area contributed by atoms with E-state index in [1.54, 1.807) is 12.1 Å². The molecule has 0 aliphatic carbocycles. The van der Waals surface area contributed by atoms with E-state index in [0.717, 1.165) is 48.6 Å². The standard InChI is InChI=1S/C24H31FN4O2/c1-17-5-4-6-18(2)24(17)27-23(31)16-29-13-11-28(12-14-29)15-22(30)26-19(3)20-7-9-21(25)10-8-20/h4-10,19H,11-16H2,1-3H3,(H,26,30)(H,27,31)/t19-/m1/s1. The molecule has 7 heteroatoms. The molecule has 0 bridgehead atoms. The molecular formula is C24H31FN4O2. The summed E-state index contributed by atoms with van der Waals surface area (Å²) in [4.78, 5) is 29.1. The molecule has 1 saturated heterocycles. The van der Waals surface area contributed by atoms with Crippen molar-refractivity contribution < 1.29 is 14.0 Å². The molecule has 31 heavy (non-hydrogen) atoms. The Labute approximate surface area is 183 Å². The van der Waals surface area contributed by atoms with Gasteiger partial charge >= 0.3 is 0 Å². The van der Waals surface area contributed by atoms with Gasteiger partial charge in [0.2, 0.25) is 11.8 Å². The van der Waals surface area contributed by atoms with Gasteiger partial charge in [-0.05, 0) is 49.6 Å². The van der Waals surface area contributed by atoms with Gasteiger partial charge in [0.25, 0.3) is 0 Å². The van der Waals surface area contributed by atoms with E-state index in [9.17, 15) is 14.0 Å². The summed E-state index contributed by atoms with van der Waals surface area (Å²) in [6.45, 7) is 9.46. The van der Waals surface area contributed by atoms with Gasteiger partial charge in [-0.25, -0.2) is 4.39 Å². The zero-order chi connectivity index (χ0) is 22.4. The summed E-state index contributed by atoms with van der Waals surface area (Å²) in [6.07, 6.45) is 0. The van der Waals surface area contributed by atoms with Crippen molar-refractivity contribution in [2.75, 3.05) is 44.6 Å². The van der Waals surface area contributed by atoms with Crippen LogP contribution in [0.2, 0.25) is 0 Å². The fraction of sp³-hybridized carbons (Fsp3) is 0.417. The fourth-order valence-electron chi connectivity index (χ4n) is 3.82. The Kier molecular flexibility index (Phi) is 7.76. The molecule has 0 aromatic heterocycles. The molecule has 166 valence electrons. The zero-order valence-electron chi connectivity index (χ0n) is 18.5. The molecule has 1 fully saturated rings. The molecular weight excluding hydrogens is 395 g/mol. The summed E-state index contributed by atoms with van der Waals surface area (Å²) in [5.41, 5.74) is 3.87. The molecule has 0 radical (unpaired) electrons. The van der Waals surface area contributed by atoms with Crippen LogP contribution in [0.15, 0.2) is 42.5 Å². The predicted molar refractivity (Wildman–Crippen MR) is 120 cm³/mol. The van der Waals surface area contributed by atoms with E-state index in [0.29, 0.717) is 13.1 Å². The lowest BCUT2D eigenvalue weighted by atomic mass is 10.1. The molecule has 0 unspecified atom stereocenters. The van der Waals surface area contributed by atoms with Crippen molar-refractivity contribution in [1.82, 2.24) is 15.1 Å². The molecule has 2 amide bonds. The van der Waals surface area contributed by atoms with Crippen molar-refractivity contribution in [3.05, 3.63) is 65.0 Å². The smallest absolute Gasteiger partial charge is 0.238 e. The number of hydrogen-bond donors (Lipinski definition) is 2. The van der Waals surface area contributed by atoms with Crippen LogP contribution in [0.25, 0.3) is 0 Å². The topological polar surface area (TPSA) is 64.7 Å². The first-order chi connectivity index (χ1) is 14.8. The minimum Gasteiger partial charge on any atom is -0.348 e. The minimum absolute atomic E-state index is 0.0169. The van der Waals surface area contributed by atoms with Crippen LogP contribution >= 0.6 is 0 Å². The van der Waals surface area contributed by atoms with E-state index in [1.165, 1.54) is 12.1 Å². The van der Waals surface area contributed by atoms with E-state index >= 15 is 0 Å². The van der Waals surface area contributed by atoms with Gasteiger partial charge in [-0.15, -0.1) is 0 Å². The molecule has 0 spiro atoms. The van der Waals surface area contributed by atoms with Gasteiger partial charge in [0.15, 0.2) is 0 Å². The van der Waals surface area contributed by atoms with E-state index in [2.05, 4.69) is 20.4 Å². The fourth-order valence-corrected chi connectivity index (χ4v) is 3.82. The Morgan fingerprint density at radius 2 is 1.42 bits per heavy atom. The van der Waals surface area contributed by atoms with Crippen molar-refractivity contribution in [3.8, 4) is 0 Å². The number of benzene rings is 2. The van der Waals surface area contributed by atoms with Gasteiger partial charge in [0, 0.05) is 31.9 Å². The number of rotatable bonds is 7. The second kappa shape index (κ2) is 10.5. The first kappa shape index (κ1) is 22.9. The van der Waals surface area contributed by atoms with Crippen molar-refractivity contribution in [3.63, 3.8) is 0 Å². The van der Waals surface area contributed by atoms with Gasteiger partial charge in [-0.3, -0.25) is 19.4 Å². The highest BCUT2D eigenvalue weighted by Crippen LogP contribution is 2.19. The molecule has 2 aromatic rings. The number of carbonyl (C=O) groups excluding carboxylic acids is 2. The second-order valence-electron chi connectivity index (χ2n) is 8.21. The SMILES string of the molecule is Cc1cccc(C)c1NC(=O)CN1CCN(CC(=O)N[C@H](C)c2ccc(F)cc2)CC1. The maximum absolute atomic E-state index is 13.1. The van der Waals surface area contributed by atoms with Crippen molar-refractivity contribution >= 4 is 17.5 Å². The predicted octanol–water partition coefficient (Wildman–Crippen LogP) is 2.88. The maximum Gasteiger partial charge on any atom is 0.238 e. The number of amides is 2. The van der Waals surface area contributed by atoms with Crippen LogP contribution in [0.1, 0.15) is 29.7 Å². The Morgan fingerprint density at radius 3 is 1.97 bits per heavy atom. The first-order valence-electron chi connectivity index (χ1n) is 10.7. The second-order valence-corrected chi connectivity index (χ2v) is 8.21. The van der Waals surface area contributed by atoms with Gasteiger partial charge in [0.05, 0.1) is 19.1 Å². The number of halogens is 1. The lowest BCUT2D eigenvalue weighted by Crippen LogP contribution is -2.51. The lowest BCUT2D eigenvalue weighted by Gasteiger charge is -2.34. The molecule has 6 nitrogen and oxygen atoms in total. The van der Waals surface area contributed by atoms with Crippen molar-refractivity contribution in [2.45, 2.75) is 26.8 Å². The summed E-state index contributed by atoms with van der Waals surface area (Å²) in [5, 5.41) is 5.99. The molecule has 0 saturated carbocycles. The first-order valence-corrected chi connectivity index (χ1v) is 10.7. The minimum atomic E-state index is -0.289. The number of para-hydroxylation sites is 1. The van der Waals surface area contributed by atoms with Crippen LogP contribution in [0.4, 0.5) is 10.1 Å². The average Bonchev–Trinajstić information content (AvgIpc) is 2.72. The normalized spacial score (nSPS) is 16.0. The summed E-state index contributed by atoms with van der Waals surface area (Å²) in [5.74, 6) is -0.363. The number of aryl methyl sites for hydroxylation is 2. The van der Waals surface area contributed by atoms with Gasteiger partial charge in [-0.2, -0.15) is 0 Å². The quantitative estimate of drug-likeness (QED) is 0.715. The van der Waals surface area contributed by atoms with Crippen LogP contribution in [0.5, 0.6) is 0 Å². The molecule has 1 atom stereocenters. The number of anilines is 1. The van der Waals surface area contributed by atoms with Gasteiger partial charge in [0.1, 0.15) is 5.82 Å². The summed E-state index contributed by atoms with van der Waals surface area (Å²) >= 11 is 0. The van der Waals surface area contributed by atoms with Crippen LogP contribution in [-0.4, -0.2) is 60.9 Å². The molecule has 2 aromatic carbocycles. The number of carbonyl (C=O) groups is 2. The summed E-state index contributed by atoms with van der Waals surface area (Å²) < 4.78 is 13.1. The lowest BCUT2D eigenvalue weighted by molar-refractivity contribution is -0.124. The van der Waals surface area contributed by atoms with E-state index in [4.69, 9.17) is 0 Å². The largest absolute Gasteiger partial charge is 0.348 e. The van der Waals surface area contributed by atoms with E-state index in [1.807, 2.05) is 39.0 Å². The maximum atomic E-state index is 13.1. The van der Waals surface area contributed by atoms with Crippen molar-refractivity contribution in [2.24, 2.45) is 0 Å². The van der Waals surface area contributed by atoms with Gasteiger partial charge in [-0.1, -0.05) is 30.3 Å². The highest BCUT2D eigenvalue weighted by atomic mass is 19.1. The van der Waals surface area contributed by atoms with Gasteiger partial charge < -0.3 is 10.6 Å². The summed E-state index contributed by atoms with van der Waals surface area (Å²) in [6, 6.07) is 11.9. The third kappa shape index (κ3) is 6.60. The summed E-state index contributed by atoms with van der Waals surface area (Å²) in [7, 11) is 0. The number of piperazine rings is 1. The zero-order valence-corrected chi connectivity index (χ0v) is 18.5. The Bertz CT molecular complexity index is 888. The van der Waals surface area contributed by atoms with Crippen LogP contribution in [-0.2, 0) is 9.59 Å². The van der Waals surface area contributed by atoms with Crippen LogP contribution in [0, 0.1) is 19.7 Å². The number of hydrogen-bond acceptors (Lipinski definition) is 4. The van der Waals surface area contributed by atoms with E-state index in [-0.39, 0.29) is 23.7 Å².